The molecule has 2 unspecified atom stereocenters. The molecule has 2 heterocycles. The van der Waals surface area contributed by atoms with Gasteiger partial charge in [-0.25, -0.2) is 0 Å². The summed E-state index contributed by atoms with van der Waals surface area (Å²) in [6.45, 7) is 3.99. The quantitative estimate of drug-likeness (QED) is 0.883. The number of aromatic hydroxyl groups is 1. The Labute approximate surface area is 129 Å². The standard InChI is InChI=1S/C18H20N2O2/c1-10-16(11(2)22-20-10)18-17(12-6-8-13(21)9-7-12)14-4-3-5-15(14)19-18/h6-9,17-19,21H,3-5H2,1-2H3. The lowest BCUT2D eigenvalue weighted by molar-refractivity contribution is 0.390. The number of aromatic nitrogens is 1. The molecule has 0 fully saturated rings. The maximum absolute atomic E-state index is 9.57. The zero-order chi connectivity index (χ0) is 15.3. The van der Waals surface area contributed by atoms with Gasteiger partial charge >= 0.3 is 0 Å². The normalized spacial score (nSPS) is 23.7. The largest absolute Gasteiger partial charge is 0.508 e. The molecule has 0 spiro atoms. The van der Waals surface area contributed by atoms with Crippen LogP contribution >= 0.6 is 0 Å². The molecule has 1 aromatic carbocycles. The second kappa shape index (κ2) is 4.90. The summed E-state index contributed by atoms with van der Waals surface area (Å²) in [6.07, 6.45) is 3.50. The van der Waals surface area contributed by atoms with Gasteiger partial charge in [0, 0.05) is 17.2 Å². The maximum Gasteiger partial charge on any atom is 0.139 e. The summed E-state index contributed by atoms with van der Waals surface area (Å²) < 4.78 is 5.38. The van der Waals surface area contributed by atoms with Crippen LogP contribution < -0.4 is 5.32 Å². The van der Waals surface area contributed by atoms with Gasteiger partial charge in [-0.2, -0.15) is 0 Å². The second-order valence-electron chi connectivity index (χ2n) is 6.29. The van der Waals surface area contributed by atoms with Crippen molar-refractivity contribution < 1.29 is 9.63 Å². The molecule has 4 heteroatoms. The third-order valence-electron chi connectivity index (χ3n) is 4.95. The molecule has 1 aliphatic carbocycles. The van der Waals surface area contributed by atoms with Crippen LogP contribution in [0.4, 0.5) is 0 Å². The zero-order valence-corrected chi connectivity index (χ0v) is 12.9. The van der Waals surface area contributed by atoms with E-state index in [1.165, 1.54) is 28.8 Å². The van der Waals surface area contributed by atoms with Crippen LogP contribution in [-0.4, -0.2) is 10.3 Å². The molecule has 0 bridgehead atoms. The third kappa shape index (κ3) is 1.94. The average Bonchev–Trinajstić information content (AvgIpc) is 3.15. The number of allylic oxidation sites excluding steroid dienone is 1. The van der Waals surface area contributed by atoms with E-state index in [4.69, 9.17) is 4.52 Å². The number of benzene rings is 1. The van der Waals surface area contributed by atoms with Crippen molar-refractivity contribution in [2.45, 2.75) is 45.1 Å². The van der Waals surface area contributed by atoms with E-state index in [0.717, 1.165) is 24.3 Å². The summed E-state index contributed by atoms with van der Waals surface area (Å²) in [6, 6.07) is 7.78. The van der Waals surface area contributed by atoms with Crippen molar-refractivity contribution in [2.24, 2.45) is 0 Å². The molecule has 0 saturated carbocycles. The lowest BCUT2D eigenvalue weighted by atomic mass is 9.83. The fourth-order valence-corrected chi connectivity index (χ4v) is 4.00. The fourth-order valence-electron chi connectivity index (χ4n) is 4.00. The van der Waals surface area contributed by atoms with Gasteiger partial charge in [0.15, 0.2) is 0 Å². The maximum atomic E-state index is 9.57. The van der Waals surface area contributed by atoms with Crippen LogP contribution in [0.3, 0.4) is 0 Å². The molecule has 2 atom stereocenters. The first-order chi connectivity index (χ1) is 10.6. The number of hydrogen-bond acceptors (Lipinski definition) is 4. The van der Waals surface area contributed by atoms with E-state index in [-0.39, 0.29) is 6.04 Å². The van der Waals surface area contributed by atoms with Crippen LogP contribution in [0.5, 0.6) is 5.75 Å². The highest BCUT2D eigenvalue weighted by Gasteiger charge is 2.40. The Bertz CT molecular complexity index is 723. The summed E-state index contributed by atoms with van der Waals surface area (Å²) in [4.78, 5) is 0. The monoisotopic (exact) mass is 296 g/mol. The summed E-state index contributed by atoms with van der Waals surface area (Å²) >= 11 is 0. The molecule has 4 nitrogen and oxygen atoms in total. The number of phenolic OH excluding ortho intramolecular Hbond substituents is 1. The van der Waals surface area contributed by atoms with Crippen molar-refractivity contribution in [3.63, 3.8) is 0 Å². The number of aryl methyl sites for hydroxylation is 2. The van der Waals surface area contributed by atoms with Crippen molar-refractivity contribution in [2.75, 3.05) is 0 Å². The van der Waals surface area contributed by atoms with E-state index in [1.807, 2.05) is 26.0 Å². The Morgan fingerprint density at radius 3 is 2.64 bits per heavy atom. The van der Waals surface area contributed by atoms with Gasteiger partial charge in [0.05, 0.1) is 11.7 Å². The lowest BCUT2D eigenvalue weighted by Gasteiger charge is -2.24. The van der Waals surface area contributed by atoms with E-state index < -0.39 is 0 Å². The van der Waals surface area contributed by atoms with E-state index in [2.05, 4.69) is 10.5 Å². The molecule has 0 radical (unpaired) electrons. The molecule has 1 aliphatic heterocycles. The van der Waals surface area contributed by atoms with Gasteiger partial charge < -0.3 is 14.9 Å². The molecule has 4 rings (SSSR count). The minimum absolute atomic E-state index is 0.182. The summed E-state index contributed by atoms with van der Waals surface area (Å²) in [5.74, 6) is 1.50. The highest BCUT2D eigenvalue weighted by Crippen LogP contribution is 2.50. The molecule has 0 amide bonds. The Balaban J connectivity index is 1.80. The lowest BCUT2D eigenvalue weighted by Crippen LogP contribution is -2.21. The minimum Gasteiger partial charge on any atom is -0.508 e. The van der Waals surface area contributed by atoms with Crippen molar-refractivity contribution >= 4 is 0 Å². The molecule has 114 valence electrons. The Morgan fingerprint density at radius 1 is 1.18 bits per heavy atom. The first-order valence-corrected chi connectivity index (χ1v) is 7.85. The van der Waals surface area contributed by atoms with E-state index in [0.29, 0.717) is 11.7 Å². The number of phenols is 1. The highest BCUT2D eigenvalue weighted by molar-refractivity contribution is 5.46. The van der Waals surface area contributed by atoms with Gasteiger partial charge in [0.1, 0.15) is 11.5 Å². The predicted molar refractivity (Wildman–Crippen MR) is 83.6 cm³/mol. The van der Waals surface area contributed by atoms with Gasteiger partial charge in [0.25, 0.3) is 0 Å². The van der Waals surface area contributed by atoms with Crippen LogP contribution in [0, 0.1) is 13.8 Å². The molecule has 1 aromatic heterocycles. The Morgan fingerprint density at radius 2 is 1.95 bits per heavy atom. The van der Waals surface area contributed by atoms with E-state index >= 15 is 0 Å². The summed E-state index contributed by atoms with van der Waals surface area (Å²) in [7, 11) is 0. The Hall–Kier alpha value is -2.23. The highest BCUT2D eigenvalue weighted by atomic mass is 16.5. The van der Waals surface area contributed by atoms with Crippen LogP contribution in [-0.2, 0) is 0 Å². The molecule has 2 N–H and O–H groups in total. The first kappa shape index (κ1) is 13.4. The SMILES string of the molecule is Cc1noc(C)c1C1NC2=C(CCC2)C1c1ccc(O)cc1. The van der Waals surface area contributed by atoms with Crippen LogP contribution in [0.2, 0.25) is 0 Å². The molecular weight excluding hydrogens is 276 g/mol. The Kier molecular flexibility index (Phi) is 2.99. The van der Waals surface area contributed by atoms with Crippen molar-refractivity contribution in [1.82, 2.24) is 10.5 Å². The summed E-state index contributed by atoms with van der Waals surface area (Å²) in [5, 5.41) is 17.4. The number of rotatable bonds is 2. The van der Waals surface area contributed by atoms with Gasteiger partial charge in [-0.1, -0.05) is 17.3 Å². The van der Waals surface area contributed by atoms with E-state index in [1.54, 1.807) is 12.1 Å². The number of nitrogens with zero attached hydrogens (tertiary/aromatic N) is 1. The molecule has 0 saturated heterocycles. The van der Waals surface area contributed by atoms with Gasteiger partial charge in [0.2, 0.25) is 0 Å². The molecular formula is C18H20N2O2. The topological polar surface area (TPSA) is 58.3 Å². The fraction of sp³-hybridized carbons (Fsp3) is 0.389. The van der Waals surface area contributed by atoms with Crippen LogP contribution in [0.1, 0.15) is 53.8 Å². The molecule has 2 aromatic rings. The van der Waals surface area contributed by atoms with E-state index in [9.17, 15) is 5.11 Å². The summed E-state index contributed by atoms with van der Waals surface area (Å²) in [5.41, 5.74) is 6.27. The minimum atomic E-state index is 0.182. The molecule has 22 heavy (non-hydrogen) atoms. The van der Waals surface area contributed by atoms with Crippen LogP contribution in [0.25, 0.3) is 0 Å². The third-order valence-corrected chi connectivity index (χ3v) is 4.95. The van der Waals surface area contributed by atoms with Crippen molar-refractivity contribution in [1.29, 1.82) is 0 Å². The number of hydrogen-bond donors (Lipinski definition) is 2. The van der Waals surface area contributed by atoms with Crippen molar-refractivity contribution in [3.8, 4) is 5.75 Å². The second-order valence-corrected chi connectivity index (χ2v) is 6.29. The van der Waals surface area contributed by atoms with Gasteiger partial charge in [-0.3, -0.25) is 0 Å². The van der Waals surface area contributed by atoms with Gasteiger partial charge in [-0.05, 0) is 56.4 Å². The first-order valence-electron chi connectivity index (χ1n) is 7.85. The smallest absolute Gasteiger partial charge is 0.139 e. The van der Waals surface area contributed by atoms with Gasteiger partial charge in [-0.15, -0.1) is 0 Å². The average molecular weight is 296 g/mol. The predicted octanol–water partition coefficient (Wildman–Crippen LogP) is 3.86. The zero-order valence-electron chi connectivity index (χ0n) is 12.9. The number of nitrogens with one attached hydrogen (secondary N) is 1. The van der Waals surface area contributed by atoms with Crippen LogP contribution in [0.15, 0.2) is 40.1 Å². The molecule has 2 aliphatic rings. The van der Waals surface area contributed by atoms with Crippen molar-refractivity contribution in [3.05, 3.63) is 58.1 Å².